The van der Waals surface area contributed by atoms with Gasteiger partial charge in [-0.2, -0.15) is 0 Å². The molecule has 0 heterocycles. The fraction of sp³-hybridized carbons (Fsp3) is 0.385. The van der Waals surface area contributed by atoms with Gasteiger partial charge in [0.25, 0.3) is 0 Å². The van der Waals surface area contributed by atoms with Crippen LogP contribution < -0.4 is 10.1 Å². The molecule has 1 unspecified atom stereocenters. The SMILES string of the molecule is C#CCC(NCC)c1cc(Cl)ccc1OC. The van der Waals surface area contributed by atoms with Crippen molar-refractivity contribution in [1.82, 2.24) is 5.32 Å². The second-order valence-electron chi connectivity index (χ2n) is 3.40. The van der Waals surface area contributed by atoms with Crippen LogP contribution in [0.4, 0.5) is 0 Å². The minimum atomic E-state index is 0.0867. The smallest absolute Gasteiger partial charge is 0.123 e. The van der Waals surface area contributed by atoms with Gasteiger partial charge in [0.2, 0.25) is 0 Å². The molecule has 2 nitrogen and oxygen atoms in total. The van der Waals surface area contributed by atoms with Crippen LogP contribution in [0.15, 0.2) is 18.2 Å². The maximum atomic E-state index is 5.98. The molecule has 0 saturated heterocycles. The third-order valence-electron chi connectivity index (χ3n) is 2.34. The van der Waals surface area contributed by atoms with Crippen molar-refractivity contribution in [2.45, 2.75) is 19.4 Å². The van der Waals surface area contributed by atoms with E-state index in [0.29, 0.717) is 11.4 Å². The zero-order valence-electron chi connectivity index (χ0n) is 9.59. The molecule has 0 radical (unpaired) electrons. The van der Waals surface area contributed by atoms with E-state index in [1.54, 1.807) is 7.11 Å². The molecule has 0 spiro atoms. The lowest BCUT2D eigenvalue weighted by molar-refractivity contribution is 0.400. The highest BCUT2D eigenvalue weighted by Crippen LogP contribution is 2.29. The van der Waals surface area contributed by atoms with Gasteiger partial charge in [0.05, 0.1) is 7.11 Å². The van der Waals surface area contributed by atoms with Crippen molar-refractivity contribution in [2.24, 2.45) is 0 Å². The van der Waals surface area contributed by atoms with Gasteiger partial charge in [-0.05, 0) is 24.7 Å². The van der Waals surface area contributed by atoms with Crippen LogP contribution in [0.5, 0.6) is 5.75 Å². The molecule has 0 saturated carbocycles. The highest BCUT2D eigenvalue weighted by atomic mass is 35.5. The Bertz CT molecular complexity index is 384. The van der Waals surface area contributed by atoms with E-state index in [4.69, 9.17) is 22.8 Å². The monoisotopic (exact) mass is 237 g/mol. The minimum absolute atomic E-state index is 0.0867. The Kier molecular flexibility index (Phi) is 5.18. The van der Waals surface area contributed by atoms with E-state index in [9.17, 15) is 0 Å². The first-order valence-electron chi connectivity index (χ1n) is 5.23. The van der Waals surface area contributed by atoms with Crippen LogP contribution in [0, 0.1) is 12.3 Å². The van der Waals surface area contributed by atoms with E-state index in [0.717, 1.165) is 17.9 Å². The number of methoxy groups -OCH3 is 1. The number of terminal acetylenes is 1. The number of nitrogens with one attached hydrogen (secondary N) is 1. The van der Waals surface area contributed by atoms with Gasteiger partial charge in [0, 0.05) is 23.0 Å². The van der Waals surface area contributed by atoms with Crippen molar-refractivity contribution in [3.63, 3.8) is 0 Å². The molecule has 0 bridgehead atoms. The molecule has 0 fully saturated rings. The number of rotatable bonds is 5. The maximum absolute atomic E-state index is 5.98. The summed E-state index contributed by atoms with van der Waals surface area (Å²) in [6.45, 7) is 2.89. The summed E-state index contributed by atoms with van der Waals surface area (Å²) < 4.78 is 5.31. The standard InChI is InChI=1S/C13H16ClNO/c1-4-6-12(15-5-2)11-9-10(14)7-8-13(11)16-3/h1,7-9,12,15H,5-6H2,2-3H3. The van der Waals surface area contributed by atoms with Gasteiger partial charge in [-0.15, -0.1) is 12.3 Å². The number of benzene rings is 1. The van der Waals surface area contributed by atoms with E-state index < -0.39 is 0 Å². The molecule has 0 amide bonds. The van der Waals surface area contributed by atoms with Gasteiger partial charge < -0.3 is 10.1 Å². The molecule has 0 aliphatic rings. The molecule has 0 aromatic heterocycles. The summed E-state index contributed by atoms with van der Waals surface area (Å²) in [5.41, 5.74) is 1.01. The summed E-state index contributed by atoms with van der Waals surface area (Å²) in [6, 6.07) is 5.65. The van der Waals surface area contributed by atoms with Crippen LogP contribution in [-0.2, 0) is 0 Å². The molecule has 1 N–H and O–H groups in total. The largest absolute Gasteiger partial charge is 0.496 e. The van der Waals surface area contributed by atoms with E-state index >= 15 is 0 Å². The molecular formula is C13H16ClNO. The van der Waals surface area contributed by atoms with Gasteiger partial charge in [0.15, 0.2) is 0 Å². The molecular weight excluding hydrogens is 222 g/mol. The van der Waals surface area contributed by atoms with Crippen molar-refractivity contribution in [3.05, 3.63) is 28.8 Å². The number of ether oxygens (including phenoxy) is 1. The lowest BCUT2D eigenvalue weighted by atomic mass is 10.0. The first kappa shape index (κ1) is 12.9. The zero-order chi connectivity index (χ0) is 12.0. The highest BCUT2D eigenvalue weighted by Gasteiger charge is 2.14. The molecule has 1 rings (SSSR count). The third kappa shape index (κ3) is 3.16. The summed E-state index contributed by atoms with van der Waals surface area (Å²) in [4.78, 5) is 0. The molecule has 0 aliphatic heterocycles. The van der Waals surface area contributed by atoms with Crippen molar-refractivity contribution in [3.8, 4) is 18.1 Å². The van der Waals surface area contributed by atoms with Crippen LogP contribution in [0.25, 0.3) is 0 Å². The average Bonchev–Trinajstić information content (AvgIpc) is 2.29. The normalized spacial score (nSPS) is 11.9. The number of halogens is 1. The molecule has 86 valence electrons. The number of hydrogen-bond acceptors (Lipinski definition) is 2. The van der Waals surface area contributed by atoms with Crippen molar-refractivity contribution in [2.75, 3.05) is 13.7 Å². The summed E-state index contributed by atoms with van der Waals surface area (Å²) in [5, 5.41) is 4.01. The summed E-state index contributed by atoms with van der Waals surface area (Å²) in [5.74, 6) is 3.47. The van der Waals surface area contributed by atoms with Crippen molar-refractivity contribution in [1.29, 1.82) is 0 Å². The third-order valence-corrected chi connectivity index (χ3v) is 2.57. The Morgan fingerprint density at radius 3 is 2.88 bits per heavy atom. The van der Waals surface area contributed by atoms with Gasteiger partial charge in [-0.1, -0.05) is 18.5 Å². The summed E-state index contributed by atoms with van der Waals surface area (Å²) >= 11 is 5.98. The topological polar surface area (TPSA) is 21.3 Å². The van der Waals surface area contributed by atoms with E-state index in [-0.39, 0.29) is 6.04 Å². The first-order chi connectivity index (χ1) is 7.72. The van der Waals surface area contributed by atoms with Crippen molar-refractivity contribution < 1.29 is 4.74 Å². The predicted molar refractivity (Wildman–Crippen MR) is 67.9 cm³/mol. The molecule has 16 heavy (non-hydrogen) atoms. The Labute approximate surface area is 102 Å². The van der Waals surface area contributed by atoms with Crippen LogP contribution in [0.3, 0.4) is 0 Å². The molecule has 3 heteroatoms. The van der Waals surface area contributed by atoms with Crippen LogP contribution in [-0.4, -0.2) is 13.7 Å². The molecule has 1 aromatic rings. The Balaban J connectivity index is 3.06. The van der Waals surface area contributed by atoms with Crippen molar-refractivity contribution >= 4 is 11.6 Å². The van der Waals surface area contributed by atoms with E-state index in [1.165, 1.54) is 0 Å². The fourth-order valence-corrected chi connectivity index (χ4v) is 1.81. The molecule has 1 aromatic carbocycles. The van der Waals surface area contributed by atoms with Crippen LogP contribution in [0.1, 0.15) is 24.9 Å². The average molecular weight is 238 g/mol. The highest BCUT2D eigenvalue weighted by molar-refractivity contribution is 6.30. The summed E-state index contributed by atoms with van der Waals surface area (Å²) in [6.07, 6.45) is 5.98. The Morgan fingerprint density at radius 1 is 1.56 bits per heavy atom. The lowest BCUT2D eigenvalue weighted by Gasteiger charge is -2.18. The quantitative estimate of drug-likeness (QED) is 0.795. The maximum Gasteiger partial charge on any atom is 0.123 e. The molecule has 1 atom stereocenters. The van der Waals surface area contributed by atoms with Gasteiger partial charge >= 0.3 is 0 Å². The zero-order valence-corrected chi connectivity index (χ0v) is 10.3. The van der Waals surface area contributed by atoms with Gasteiger partial charge in [-0.25, -0.2) is 0 Å². The van der Waals surface area contributed by atoms with Gasteiger partial charge in [-0.3, -0.25) is 0 Å². The fourth-order valence-electron chi connectivity index (χ4n) is 1.63. The van der Waals surface area contributed by atoms with Gasteiger partial charge in [0.1, 0.15) is 5.75 Å². The Hall–Kier alpha value is -1.17. The number of hydrogen-bond donors (Lipinski definition) is 1. The molecule has 0 aliphatic carbocycles. The minimum Gasteiger partial charge on any atom is -0.496 e. The van der Waals surface area contributed by atoms with Crippen LogP contribution >= 0.6 is 11.6 Å². The van der Waals surface area contributed by atoms with E-state index in [1.807, 2.05) is 25.1 Å². The van der Waals surface area contributed by atoms with E-state index in [2.05, 4.69) is 11.2 Å². The van der Waals surface area contributed by atoms with Crippen LogP contribution in [0.2, 0.25) is 5.02 Å². The lowest BCUT2D eigenvalue weighted by Crippen LogP contribution is -2.21. The Morgan fingerprint density at radius 2 is 2.31 bits per heavy atom. The summed E-state index contributed by atoms with van der Waals surface area (Å²) in [7, 11) is 1.64. The second-order valence-corrected chi connectivity index (χ2v) is 3.84. The predicted octanol–water partition coefficient (Wildman–Crippen LogP) is 3.02. The second kappa shape index (κ2) is 6.42. The first-order valence-corrected chi connectivity index (χ1v) is 5.61.